The SMILES string of the molecule is C[C@@H](NC(=O)OC[C@H](c1ccc(Cl)c(-n2ncnc2C(F)F)c1)N1C(=N)N[C@](CC(C)(C)C)(c2ccc(-c3cnn(C(F)F)c3)cc2)C1=O)C(F)F. The number of hydrogen-bond donors (Lipinski definition) is 3. The summed E-state index contributed by atoms with van der Waals surface area (Å²) in [7, 11) is 0. The summed E-state index contributed by atoms with van der Waals surface area (Å²) in [5, 5.41) is 21.5. The summed E-state index contributed by atoms with van der Waals surface area (Å²) in [5.41, 5.74) is -0.703. The van der Waals surface area contributed by atoms with E-state index in [2.05, 4.69) is 20.5 Å². The van der Waals surface area contributed by atoms with Gasteiger partial charge in [-0.2, -0.15) is 19.0 Å². The third-order valence-corrected chi connectivity index (χ3v) is 8.54. The first-order valence-electron chi connectivity index (χ1n) is 15.7. The van der Waals surface area contributed by atoms with Crippen molar-refractivity contribution in [3.63, 3.8) is 0 Å². The predicted molar refractivity (Wildman–Crippen MR) is 176 cm³/mol. The van der Waals surface area contributed by atoms with Crippen LogP contribution in [0, 0.1) is 10.8 Å². The van der Waals surface area contributed by atoms with Crippen molar-refractivity contribution in [3.05, 3.63) is 83.2 Å². The first-order chi connectivity index (χ1) is 24.4. The van der Waals surface area contributed by atoms with E-state index in [0.717, 1.165) is 22.8 Å². The zero-order chi connectivity index (χ0) is 38.1. The van der Waals surface area contributed by atoms with Gasteiger partial charge in [0, 0.05) is 11.8 Å². The van der Waals surface area contributed by atoms with Crippen LogP contribution in [0.4, 0.5) is 31.1 Å². The van der Waals surface area contributed by atoms with Crippen LogP contribution in [0.5, 0.6) is 0 Å². The van der Waals surface area contributed by atoms with Crippen LogP contribution in [0.15, 0.2) is 61.2 Å². The van der Waals surface area contributed by atoms with E-state index >= 15 is 0 Å². The molecule has 2 amide bonds. The number of carbonyl (C=O) groups excluding carboxylic acids is 2. The van der Waals surface area contributed by atoms with Crippen LogP contribution in [-0.4, -0.2) is 66.5 Å². The van der Waals surface area contributed by atoms with Gasteiger partial charge in [0.2, 0.25) is 0 Å². The van der Waals surface area contributed by atoms with Gasteiger partial charge in [-0.25, -0.2) is 36.7 Å². The number of amides is 2. The first-order valence-corrected chi connectivity index (χ1v) is 16.1. The summed E-state index contributed by atoms with van der Waals surface area (Å²) >= 11 is 6.39. The van der Waals surface area contributed by atoms with E-state index in [0.29, 0.717) is 21.4 Å². The molecule has 1 aliphatic heterocycles. The molecule has 4 aromatic rings. The van der Waals surface area contributed by atoms with Crippen molar-refractivity contribution < 1.29 is 40.7 Å². The maximum atomic E-state index is 14.8. The molecule has 3 heterocycles. The number of halogens is 7. The Labute approximate surface area is 298 Å². The maximum Gasteiger partial charge on any atom is 0.407 e. The van der Waals surface area contributed by atoms with E-state index in [1.165, 1.54) is 30.6 Å². The Morgan fingerprint density at radius 2 is 1.75 bits per heavy atom. The molecule has 0 bridgehead atoms. The van der Waals surface area contributed by atoms with Crippen LogP contribution in [0.1, 0.15) is 70.1 Å². The molecule has 12 nitrogen and oxygen atoms in total. The van der Waals surface area contributed by atoms with Gasteiger partial charge in [0.25, 0.3) is 18.8 Å². The van der Waals surface area contributed by atoms with Gasteiger partial charge in [-0.1, -0.05) is 62.7 Å². The largest absolute Gasteiger partial charge is 0.447 e. The second kappa shape index (κ2) is 14.8. The van der Waals surface area contributed by atoms with Crippen molar-refractivity contribution in [1.29, 1.82) is 5.41 Å². The van der Waals surface area contributed by atoms with Gasteiger partial charge >= 0.3 is 12.6 Å². The normalized spacial score (nSPS) is 17.6. The molecule has 0 radical (unpaired) electrons. The Bertz CT molecular complexity index is 1930. The van der Waals surface area contributed by atoms with Gasteiger partial charge in [0.1, 0.15) is 18.5 Å². The predicted octanol–water partition coefficient (Wildman–Crippen LogP) is 7.24. The highest BCUT2D eigenvalue weighted by molar-refractivity contribution is 6.32. The number of ether oxygens (including phenoxy) is 1. The highest BCUT2D eigenvalue weighted by Gasteiger charge is 2.54. The molecule has 278 valence electrons. The molecule has 3 N–H and O–H groups in total. The number of hydrogen-bond acceptors (Lipinski definition) is 7. The number of alkyl halides is 6. The Morgan fingerprint density at radius 1 is 1.06 bits per heavy atom. The number of rotatable bonds is 12. The van der Waals surface area contributed by atoms with Crippen molar-refractivity contribution >= 4 is 29.6 Å². The van der Waals surface area contributed by atoms with Crippen LogP contribution >= 0.6 is 11.6 Å². The summed E-state index contributed by atoms with van der Waals surface area (Å²) in [6.45, 7) is 3.19. The number of nitrogens with zero attached hydrogens (tertiary/aromatic N) is 6. The zero-order valence-corrected chi connectivity index (χ0v) is 28.9. The summed E-state index contributed by atoms with van der Waals surface area (Å²) in [6.07, 6.45) is -3.70. The van der Waals surface area contributed by atoms with Gasteiger partial charge in [-0.05, 0) is 47.6 Å². The maximum absolute atomic E-state index is 14.8. The van der Waals surface area contributed by atoms with E-state index < -0.39 is 72.8 Å². The highest BCUT2D eigenvalue weighted by atomic mass is 35.5. The average molecular weight is 754 g/mol. The standard InChI is InChI=1S/C33H34ClF6N9O3/c1-17(25(35)36)45-31(51)52-14-24(19-7-10-22(34)23(11-19)49-27(26(37)38)42-16-44-49)48-28(50)33(46-30(48)41,15-32(2,3)4)21-8-5-18(6-9-21)20-12-43-47(13-20)29(39)40/h5-13,16-17,24-26,29H,14-15H2,1-4H3,(H2,41,46)(H,45,51)/t17-,24-,33-/m1/s1. The van der Waals surface area contributed by atoms with Crippen LogP contribution in [0.2, 0.25) is 5.02 Å². The summed E-state index contributed by atoms with van der Waals surface area (Å²) in [6, 6.07) is 7.65. The van der Waals surface area contributed by atoms with Crippen molar-refractivity contribution in [3.8, 4) is 16.8 Å². The minimum atomic E-state index is -3.04. The Kier molecular flexibility index (Phi) is 10.9. The van der Waals surface area contributed by atoms with E-state index in [-0.39, 0.29) is 22.7 Å². The Morgan fingerprint density at radius 3 is 2.35 bits per heavy atom. The van der Waals surface area contributed by atoms with Crippen molar-refractivity contribution in [2.75, 3.05) is 6.61 Å². The molecule has 5 rings (SSSR count). The lowest BCUT2D eigenvalue weighted by atomic mass is 9.75. The van der Waals surface area contributed by atoms with Gasteiger partial charge in [-0.3, -0.25) is 15.1 Å². The molecule has 0 spiro atoms. The lowest BCUT2D eigenvalue weighted by molar-refractivity contribution is -0.134. The van der Waals surface area contributed by atoms with Crippen LogP contribution in [-0.2, 0) is 15.1 Å². The fourth-order valence-corrected chi connectivity index (χ4v) is 6.12. The summed E-state index contributed by atoms with van der Waals surface area (Å²) < 4.78 is 86.8. The Balaban J connectivity index is 1.58. The van der Waals surface area contributed by atoms with Crippen LogP contribution < -0.4 is 10.6 Å². The molecule has 0 saturated carbocycles. The van der Waals surface area contributed by atoms with Crippen molar-refractivity contribution in [2.45, 2.75) is 71.1 Å². The van der Waals surface area contributed by atoms with E-state index in [1.807, 2.05) is 26.1 Å². The van der Waals surface area contributed by atoms with Gasteiger partial charge < -0.3 is 15.4 Å². The van der Waals surface area contributed by atoms with E-state index in [9.17, 15) is 35.9 Å². The molecular formula is C33H34ClF6N9O3. The molecule has 19 heteroatoms. The molecule has 3 atom stereocenters. The number of alkyl carbamates (subject to hydrolysis) is 1. The molecule has 0 unspecified atom stereocenters. The molecule has 0 aliphatic carbocycles. The zero-order valence-electron chi connectivity index (χ0n) is 28.1. The second-order valence-electron chi connectivity index (χ2n) is 13.3. The minimum absolute atomic E-state index is 0.0264. The number of benzene rings is 2. The third kappa shape index (κ3) is 7.85. The molecule has 1 fully saturated rings. The molecule has 2 aromatic heterocycles. The number of guanidine groups is 1. The number of carbonyl (C=O) groups is 2. The summed E-state index contributed by atoms with van der Waals surface area (Å²) in [4.78, 5) is 32.0. The average Bonchev–Trinajstić information content (AvgIpc) is 3.81. The van der Waals surface area contributed by atoms with Gasteiger partial charge in [0.15, 0.2) is 11.8 Å². The molecule has 2 aromatic carbocycles. The summed E-state index contributed by atoms with van der Waals surface area (Å²) in [5.74, 6) is -1.81. The quantitative estimate of drug-likeness (QED) is 0.130. The monoisotopic (exact) mass is 753 g/mol. The van der Waals surface area contributed by atoms with E-state index in [4.69, 9.17) is 21.7 Å². The molecular weight excluding hydrogens is 720 g/mol. The van der Waals surface area contributed by atoms with E-state index in [1.54, 1.807) is 24.3 Å². The van der Waals surface area contributed by atoms with Gasteiger partial charge in [-0.15, -0.1) is 0 Å². The smallest absolute Gasteiger partial charge is 0.407 e. The molecule has 1 saturated heterocycles. The van der Waals surface area contributed by atoms with Crippen LogP contribution in [0.25, 0.3) is 16.8 Å². The van der Waals surface area contributed by atoms with Gasteiger partial charge in [0.05, 0.1) is 29.0 Å². The lowest BCUT2D eigenvalue weighted by Crippen LogP contribution is -2.47. The second-order valence-corrected chi connectivity index (χ2v) is 13.7. The molecule has 1 aliphatic rings. The third-order valence-electron chi connectivity index (χ3n) is 8.22. The fraction of sp³-hybridized carbons (Fsp3) is 0.394. The van der Waals surface area contributed by atoms with Crippen LogP contribution in [0.3, 0.4) is 0 Å². The Hall–Kier alpha value is -5.13. The lowest BCUT2D eigenvalue weighted by Gasteiger charge is -2.35. The molecule has 52 heavy (non-hydrogen) atoms. The first kappa shape index (κ1) is 38.1. The van der Waals surface area contributed by atoms with Crippen molar-refractivity contribution in [1.82, 2.24) is 40.1 Å². The van der Waals surface area contributed by atoms with Crippen molar-refractivity contribution in [2.24, 2.45) is 5.41 Å². The topological polar surface area (TPSA) is 143 Å². The highest BCUT2D eigenvalue weighted by Crippen LogP contribution is 2.43. The number of nitrogens with one attached hydrogen (secondary N) is 3. The fourth-order valence-electron chi connectivity index (χ4n) is 5.92. The minimum Gasteiger partial charge on any atom is -0.447 e. The number of aromatic nitrogens is 5.